The van der Waals surface area contributed by atoms with Crippen molar-refractivity contribution in [3.05, 3.63) is 36.3 Å². The van der Waals surface area contributed by atoms with E-state index in [0.29, 0.717) is 29.4 Å². The third kappa shape index (κ3) is 5.18. The summed E-state index contributed by atoms with van der Waals surface area (Å²) in [4.78, 5) is 33.4. The van der Waals surface area contributed by atoms with E-state index in [1.165, 1.54) is 29.1 Å². The number of ether oxygens (including phenoxy) is 1. The number of methoxy groups -OCH3 is 1. The molecule has 2 fully saturated rings. The van der Waals surface area contributed by atoms with Gasteiger partial charge in [-0.25, -0.2) is 18.6 Å². The molecule has 1 aliphatic heterocycles. The molecule has 1 saturated carbocycles. The molecule has 2 N–H and O–H groups in total. The van der Waals surface area contributed by atoms with Crippen molar-refractivity contribution in [3.8, 4) is 17.1 Å². The normalized spacial score (nSPS) is 18.9. The Morgan fingerprint density at radius 2 is 2.00 bits per heavy atom. The van der Waals surface area contributed by atoms with Gasteiger partial charge in [-0.2, -0.15) is 5.10 Å². The first-order chi connectivity index (χ1) is 19.8. The van der Waals surface area contributed by atoms with Crippen LogP contribution in [0.15, 0.2) is 30.6 Å². The number of aryl methyl sites for hydroxylation is 1. The second-order valence-electron chi connectivity index (χ2n) is 9.39. The Bertz CT molecular complexity index is 1490. The minimum absolute atomic E-state index is 0.0507. The minimum atomic E-state index is -2.79. The van der Waals surface area contributed by atoms with Crippen molar-refractivity contribution >= 4 is 29.1 Å². The van der Waals surface area contributed by atoms with E-state index in [1.54, 1.807) is 30.1 Å². The Balaban J connectivity index is 1.48. The summed E-state index contributed by atoms with van der Waals surface area (Å²) >= 11 is 0. The van der Waals surface area contributed by atoms with Gasteiger partial charge in [0.25, 0.3) is 5.91 Å². The molecular formula is C25H29F2N9O3. The smallest absolute Gasteiger partial charge is 0.326 e. The molecule has 206 valence electrons. The van der Waals surface area contributed by atoms with E-state index in [2.05, 4.69) is 25.6 Å². The van der Waals surface area contributed by atoms with E-state index >= 15 is 0 Å². The zero-order chi connectivity index (χ0) is 30.2. The lowest BCUT2D eigenvalue weighted by atomic mass is 9.91. The SMILES string of the molecule is [2H]C([2H])([2H])NC(=O)c1nnc(N2CCN(C3CCC(F)(F)CC3)C2=O)cc1Nc1cccc(-c2ncn(C)n2)c1OC. The topological polar surface area (TPSA) is 130 Å². The molecule has 1 aromatic carbocycles. The van der Waals surface area contributed by atoms with Gasteiger partial charge in [0.1, 0.15) is 6.33 Å². The quantitative estimate of drug-likeness (QED) is 0.464. The predicted molar refractivity (Wildman–Crippen MR) is 138 cm³/mol. The molecule has 1 aliphatic carbocycles. The molecule has 0 atom stereocenters. The van der Waals surface area contributed by atoms with Crippen LogP contribution in [0.2, 0.25) is 0 Å². The number of aromatic nitrogens is 5. The van der Waals surface area contributed by atoms with Gasteiger partial charge in [0.2, 0.25) is 5.92 Å². The van der Waals surface area contributed by atoms with Crippen molar-refractivity contribution in [2.75, 3.05) is 37.4 Å². The molecule has 0 spiro atoms. The molecule has 1 saturated heterocycles. The van der Waals surface area contributed by atoms with E-state index in [9.17, 15) is 18.4 Å². The van der Waals surface area contributed by atoms with Crippen LogP contribution in [-0.4, -0.2) is 80.9 Å². The first kappa shape index (κ1) is 22.6. The second kappa shape index (κ2) is 10.4. The standard InChI is InChI=1S/C25H29F2N9O3/c1-28-23(37)20-18(30-17-6-4-5-16(21(17)39-3)22-29-14-34(2)33-22)13-19(31-32-20)36-12-11-35(24(36)38)15-7-9-25(26,27)10-8-15/h4-6,13-15H,7-12H2,1-3H3,(H,28,37)(H,30,31)/i1D3. The van der Waals surface area contributed by atoms with Crippen molar-refractivity contribution in [2.24, 2.45) is 7.05 Å². The van der Waals surface area contributed by atoms with Gasteiger partial charge in [-0.1, -0.05) is 6.07 Å². The number of benzene rings is 1. The molecule has 0 radical (unpaired) electrons. The number of nitrogens with one attached hydrogen (secondary N) is 2. The number of nitrogens with zero attached hydrogens (tertiary/aromatic N) is 7. The van der Waals surface area contributed by atoms with Crippen LogP contribution in [0.5, 0.6) is 5.75 Å². The number of anilines is 3. The summed E-state index contributed by atoms with van der Waals surface area (Å²) in [7, 11) is 3.17. The van der Waals surface area contributed by atoms with Crippen LogP contribution in [-0.2, 0) is 7.05 Å². The van der Waals surface area contributed by atoms with Crippen LogP contribution >= 0.6 is 0 Å². The fourth-order valence-electron chi connectivity index (χ4n) is 4.92. The lowest BCUT2D eigenvalue weighted by Gasteiger charge is -2.34. The molecular weight excluding hydrogens is 512 g/mol. The van der Waals surface area contributed by atoms with Crippen molar-refractivity contribution in [1.82, 2.24) is 35.2 Å². The van der Waals surface area contributed by atoms with E-state index in [0.717, 1.165) is 0 Å². The zero-order valence-corrected chi connectivity index (χ0v) is 21.3. The molecule has 12 nitrogen and oxygen atoms in total. The molecule has 2 aliphatic rings. The number of carbonyl (C=O) groups excluding carboxylic acids is 2. The Morgan fingerprint density at radius 3 is 2.69 bits per heavy atom. The number of amides is 3. The van der Waals surface area contributed by atoms with Gasteiger partial charge in [0.15, 0.2) is 23.1 Å². The largest absolute Gasteiger partial charge is 0.494 e. The maximum absolute atomic E-state index is 13.7. The lowest BCUT2D eigenvalue weighted by Crippen LogP contribution is -2.43. The fourth-order valence-corrected chi connectivity index (χ4v) is 4.92. The average Bonchev–Trinajstić information content (AvgIpc) is 3.53. The molecule has 3 aromatic rings. The first-order valence-electron chi connectivity index (χ1n) is 13.8. The van der Waals surface area contributed by atoms with Crippen molar-refractivity contribution in [2.45, 2.75) is 37.6 Å². The van der Waals surface area contributed by atoms with Gasteiger partial charge in [-0.15, -0.1) is 10.2 Å². The van der Waals surface area contributed by atoms with Gasteiger partial charge >= 0.3 is 6.03 Å². The second-order valence-corrected chi connectivity index (χ2v) is 9.39. The van der Waals surface area contributed by atoms with Crippen molar-refractivity contribution in [3.63, 3.8) is 0 Å². The minimum Gasteiger partial charge on any atom is -0.494 e. The highest BCUT2D eigenvalue weighted by Gasteiger charge is 2.42. The monoisotopic (exact) mass is 544 g/mol. The van der Waals surface area contributed by atoms with E-state index in [4.69, 9.17) is 8.85 Å². The van der Waals surface area contributed by atoms with Gasteiger partial charge in [-0.3, -0.25) is 14.4 Å². The highest BCUT2D eigenvalue weighted by molar-refractivity contribution is 6.00. The molecule has 5 rings (SSSR count). The maximum atomic E-state index is 13.7. The molecule has 14 heteroatoms. The van der Waals surface area contributed by atoms with Crippen LogP contribution in [0.1, 0.15) is 40.3 Å². The fraction of sp³-hybridized carbons (Fsp3) is 0.440. The number of urea groups is 1. The molecule has 0 bridgehead atoms. The van der Waals surface area contributed by atoms with Crippen LogP contribution < -0.4 is 20.3 Å². The maximum Gasteiger partial charge on any atom is 0.326 e. The number of hydrogen-bond acceptors (Lipinski definition) is 8. The van der Waals surface area contributed by atoms with Gasteiger partial charge < -0.3 is 20.3 Å². The summed E-state index contributed by atoms with van der Waals surface area (Å²) < 4.78 is 56.8. The van der Waals surface area contributed by atoms with Crippen LogP contribution in [0.4, 0.5) is 30.8 Å². The highest BCUT2D eigenvalue weighted by Crippen LogP contribution is 2.39. The summed E-state index contributed by atoms with van der Waals surface area (Å²) in [5, 5.41) is 17.3. The lowest BCUT2D eigenvalue weighted by molar-refractivity contribution is -0.0481. The average molecular weight is 545 g/mol. The van der Waals surface area contributed by atoms with Crippen molar-refractivity contribution < 1.29 is 27.2 Å². The Kier molecular flexibility index (Phi) is 6.04. The van der Waals surface area contributed by atoms with Crippen molar-refractivity contribution in [1.29, 1.82) is 0 Å². The summed E-state index contributed by atoms with van der Waals surface area (Å²) in [6.45, 7) is -2.25. The number of alkyl halides is 2. The number of halogens is 2. The Hall–Kier alpha value is -4.36. The van der Waals surface area contributed by atoms with E-state index in [1.807, 2.05) is 5.32 Å². The Morgan fingerprint density at radius 1 is 1.21 bits per heavy atom. The van der Waals surface area contributed by atoms with Gasteiger partial charge in [-0.05, 0) is 25.0 Å². The summed E-state index contributed by atoms with van der Waals surface area (Å²) in [5.74, 6) is -2.92. The molecule has 3 heterocycles. The molecule has 0 unspecified atom stereocenters. The number of rotatable bonds is 7. The molecule has 39 heavy (non-hydrogen) atoms. The third-order valence-electron chi connectivity index (χ3n) is 6.88. The van der Waals surface area contributed by atoms with Gasteiger partial charge in [0.05, 0.1) is 24.0 Å². The van der Waals surface area contributed by atoms with E-state index in [-0.39, 0.29) is 55.5 Å². The Labute approximate surface area is 227 Å². The third-order valence-corrected chi connectivity index (χ3v) is 6.88. The summed E-state index contributed by atoms with van der Waals surface area (Å²) in [6, 6.07) is 5.80. The predicted octanol–water partition coefficient (Wildman–Crippen LogP) is 3.20. The van der Waals surface area contributed by atoms with Crippen LogP contribution in [0.25, 0.3) is 11.4 Å². The molecule has 2 aromatic heterocycles. The molecule has 3 amide bonds. The summed E-state index contributed by atoms with van der Waals surface area (Å²) in [5.41, 5.74) is 0.634. The van der Waals surface area contributed by atoms with Crippen LogP contribution in [0, 0.1) is 0 Å². The van der Waals surface area contributed by atoms with E-state index < -0.39 is 24.8 Å². The first-order valence-corrected chi connectivity index (χ1v) is 12.3. The number of para-hydroxylation sites is 1. The highest BCUT2D eigenvalue weighted by atomic mass is 19.3. The van der Waals surface area contributed by atoms with Gasteiger partial charge in [0, 0.05) is 56.2 Å². The van der Waals surface area contributed by atoms with Crippen LogP contribution in [0.3, 0.4) is 0 Å². The zero-order valence-electron chi connectivity index (χ0n) is 24.3. The number of hydrogen-bond donors (Lipinski definition) is 2. The number of carbonyl (C=O) groups is 2. The summed E-state index contributed by atoms with van der Waals surface area (Å²) in [6.07, 6.45) is 1.36.